The fourth-order valence-electron chi connectivity index (χ4n) is 2.51. The molecule has 0 aliphatic carbocycles. The first kappa shape index (κ1) is 22.9. The second-order valence-corrected chi connectivity index (χ2v) is 6.99. The van der Waals surface area contributed by atoms with Crippen molar-refractivity contribution >= 4 is 23.6 Å². The van der Waals surface area contributed by atoms with E-state index in [-0.39, 0.29) is 24.0 Å². The van der Waals surface area contributed by atoms with Crippen molar-refractivity contribution in [2.75, 3.05) is 0 Å². The lowest BCUT2D eigenvalue weighted by Crippen LogP contribution is -2.56. The van der Waals surface area contributed by atoms with Gasteiger partial charge in [0.05, 0.1) is 0 Å². The van der Waals surface area contributed by atoms with Gasteiger partial charge in [-0.25, -0.2) is 0 Å². The Hall–Kier alpha value is -3.10. The van der Waals surface area contributed by atoms with Crippen LogP contribution in [-0.4, -0.2) is 46.9 Å². The molecule has 0 saturated carbocycles. The van der Waals surface area contributed by atoms with E-state index in [4.69, 9.17) is 5.73 Å². The van der Waals surface area contributed by atoms with E-state index in [2.05, 4.69) is 16.0 Å². The lowest BCUT2D eigenvalue weighted by Gasteiger charge is -2.24. The summed E-state index contributed by atoms with van der Waals surface area (Å²) in [5.41, 5.74) is 6.07. The van der Waals surface area contributed by atoms with Gasteiger partial charge >= 0.3 is 0 Å². The summed E-state index contributed by atoms with van der Waals surface area (Å²) in [4.78, 5) is 47.7. The number of hydrogen-bond donors (Lipinski definition) is 5. The van der Waals surface area contributed by atoms with Crippen LogP contribution < -0.4 is 21.7 Å². The van der Waals surface area contributed by atoms with E-state index in [9.17, 15) is 24.3 Å². The van der Waals surface area contributed by atoms with Gasteiger partial charge in [0.15, 0.2) is 0 Å². The van der Waals surface area contributed by atoms with E-state index in [0.29, 0.717) is 5.56 Å². The summed E-state index contributed by atoms with van der Waals surface area (Å²) >= 11 is 0. The van der Waals surface area contributed by atoms with Crippen molar-refractivity contribution in [3.63, 3.8) is 0 Å². The lowest BCUT2D eigenvalue weighted by atomic mass is 10.0. The highest BCUT2D eigenvalue weighted by molar-refractivity contribution is 5.93. The van der Waals surface area contributed by atoms with Gasteiger partial charge in [-0.2, -0.15) is 0 Å². The van der Waals surface area contributed by atoms with Gasteiger partial charge in [0.2, 0.25) is 23.6 Å². The minimum Gasteiger partial charge on any atom is -0.508 e. The molecule has 0 spiro atoms. The summed E-state index contributed by atoms with van der Waals surface area (Å²) in [6.45, 7) is 6.31. The molecule has 0 aliphatic heterocycles. The fraction of sp³-hybridized carbons (Fsp3) is 0.474. The van der Waals surface area contributed by atoms with E-state index < -0.39 is 35.8 Å². The Kier molecular flexibility index (Phi) is 8.43. The minimum atomic E-state index is -0.979. The summed E-state index contributed by atoms with van der Waals surface area (Å²) in [6, 6.07) is 3.46. The molecule has 0 radical (unpaired) electrons. The number of rotatable bonds is 9. The van der Waals surface area contributed by atoms with E-state index in [1.807, 2.05) is 0 Å². The molecule has 9 heteroatoms. The maximum absolute atomic E-state index is 12.4. The topological polar surface area (TPSA) is 151 Å². The van der Waals surface area contributed by atoms with Crippen LogP contribution in [0.4, 0.5) is 0 Å². The van der Waals surface area contributed by atoms with Crippen LogP contribution in [0.1, 0.15) is 33.3 Å². The largest absolute Gasteiger partial charge is 0.508 e. The zero-order valence-electron chi connectivity index (χ0n) is 16.5. The molecule has 0 bridgehead atoms. The quantitative estimate of drug-likeness (QED) is 0.386. The molecule has 154 valence electrons. The Morgan fingerprint density at radius 3 is 2.00 bits per heavy atom. The predicted octanol–water partition coefficient (Wildman–Crippen LogP) is -0.430. The summed E-state index contributed by atoms with van der Waals surface area (Å²) in [5.74, 6) is -2.25. The second-order valence-electron chi connectivity index (χ2n) is 6.99. The Morgan fingerprint density at radius 1 is 0.964 bits per heavy atom. The highest BCUT2D eigenvalue weighted by atomic mass is 16.3. The number of benzene rings is 1. The number of aromatic hydroxyl groups is 1. The summed E-state index contributed by atoms with van der Waals surface area (Å²) in [7, 11) is 0. The highest BCUT2D eigenvalue weighted by Crippen LogP contribution is 2.11. The van der Waals surface area contributed by atoms with Gasteiger partial charge in [-0.05, 0) is 30.5 Å². The number of hydrogen-bond acceptors (Lipinski definition) is 5. The number of carbonyl (C=O) groups is 4. The molecule has 0 aliphatic rings. The molecule has 1 aromatic carbocycles. The maximum atomic E-state index is 12.4. The van der Waals surface area contributed by atoms with Crippen LogP contribution in [0.5, 0.6) is 5.75 Å². The van der Waals surface area contributed by atoms with Crippen LogP contribution in [0.15, 0.2) is 24.3 Å². The Labute approximate surface area is 164 Å². The molecular weight excluding hydrogens is 364 g/mol. The van der Waals surface area contributed by atoms with Gasteiger partial charge in [0, 0.05) is 13.3 Å². The third-order valence-corrected chi connectivity index (χ3v) is 4.10. The van der Waals surface area contributed by atoms with Crippen molar-refractivity contribution in [2.45, 2.75) is 52.2 Å². The van der Waals surface area contributed by atoms with Crippen molar-refractivity contribution in [2.24, 2.45) is 11.7 Å². The van der Waals surface area contributed by atoms with Crippen LogP contribution >= 0.6 is 0 Å². The molecule has 0 heterocycles. The smallest absolute Gasteiger partial charge is 0.243 e. The van der Waals surface area contributed by atoms with Gasteiger partial charge in [-0.1, -0.05) is 26.0 Å². The molecule has 4 amide bonds. The zero-order valence-corrected chi connectivity index (χ0v) is 16.5. The van der Waals surface area contributed by atoms with Crippen molar-refractivity contribution in [1.29, 1.82) is 0 Å². The fourth-order valence-corrected chi connectivity index (χ4v) is 2.51. The number of primary amides is 1. The third kappa shape index (κ3) is 7.26. The molecule has 0 unspecified atom stereocenters. The Balaban J connectivity index is 2.73. The monoisotopic (exact) mass is 392 g/mol. The molecule has 28 heavy (non-hydrogen) atoms. The first-order valence-electron chi connectivity index (χ1n) is 8.96. The summed E-state index contributed by atoms with van der Waals surface area (Å²) < 4.78 is 0. The predicted molar refractivity (Wildman–Crippen MR) is 103 cm³/mol. The summed E-state index contributed by atoms with van der Waals surface area (Å²) in [5, 5.41) is 16.9. The first-order chi connectivity index (χ1) is 13.0. The average Bonchev–Trinajstić information content (AvgIpc) is 2.60. The SMILES string of the molecule is CC(=O)N[C@H](C(=O)N[C@@H](C)C(=O)N[C@@H](Cc1ccc(O)cc1)C(N)=O)C(C)C. The van der Waals surface area contributed by atoms with E-state index in [0.717, 1.165) is 0 Å². The number of nitrogens with two attached hydrogens (primary N) is 1. The number of nitrogens with one attached hydrogen (secondary N) is 3. The number of amides is 4. The molecule has 0 aromatic heterocycles. The van der Waals surface area contributed by atoms with Gasteiger partial charge < -0.3 is 26.8 Å². The Bertz CT molecular complexity index is 718. The van der Waals surface area contributed by atoms with E-state index >= 15 is 0 Å². The molecule has 1 rings (SSSR count). The molecule has 6 N–H and O–H groups in total. The number of phenolic OH excluding ortho intramolecular Hbond substituents is 1. The molecular formula is C19H28N4O5. The molecule has 0 saturated heterocycles. The van der Waals surface area contributed by atoms with Crippen LogP contribution in [0, 0.1) is 5.92 Å². The number of phenols is 1. The maximum Gasteiger partial charge on any atom is 0.243 e. The standard InChI is InChI=1S/C19H28N4O5/c1-10(2)16(22-12(4)24)19(28)21-11(3)18(27)23-15(17(20)26)9-13-5-7-14(25)8-6-13/h5-8,10-11,15-16,25H,9H2,1-4H3,(H2,20,26)(H,21,28)(H,22,24)(H,23,27)/t11-,15-,16-/m0/s1. The van der Waals surface area contributed by atoms with Gasteiger partial charge in [0.25, 0.3) is 0 Å². The van der Waals surface area contributed by atoms with Crippen molar-refractivity contribution in [1.82, 2.24) is 16.0 Å². The van der Waals surface area contributed by atoms with Gasteiger partial charge in [0.1, 0.15) is 23.9 Å². The van der Waals surface area contributed by atoms with Crippen molar-refractivity contribution < 1.29 is 24.3 Å². The van der Waals surface area contributed by atoms with Crippen molar-refractivity contribution in [3.05, 3.63) is 29.8 Å². The second kappa shape index (κ2) is 10.3. The van der Waals surface area contributed by atoms with Crippen molar-refractivity contribution in [3.8, 4) is 5.75 Å². The van der Waals surface area contributed by atoms with E-state index in [1.165, 1.54) is 26.0 Å². The molecule has 0 fully saturated rings. The third-order valence-electron chi connectivity index (χ3n) is 4.10. The lowest BCUT2D eigenvalue weighted by molar-refractivity contribution is -0.133. The van der Waals surface area contributed by atoms with Gasteiger partial charge in [-0.15, -0.1) is 0 Å². The highest BCUT2D eigenvalue weighted by Gasteiger charge is 2.27. The van der Waals surface area contributed by atoms with Gasteiger partial charge in [-0.3, -0.25) is 19.2 Å². The van der Waals surface area contributed by atoms with Crippen LogP contribution in [0.25, 0.3) is 0 Å². The van der Waals surface area contributed by atoms with Crippen LogP contribution in [0.2, 0.25) is 0 Å². The Morgan fingerprint density at radius 2 is 1.54 bits per heavy atom. The van der Waals surface area contributed by atoms with Crippen LogP contribution in [0.3, 0.4) is 0 Å². The normalized spacial score (nSPS) is 13.9. The van der Waals surface area contributed by atoms with E-state index in [1.54, 1.807) is 26.0 Å². The molecule has 1 aromatic rings. The first-order valence-corrected chi connectivity index (χ1v) is 8.96. The number of carbonyl (C=O) groups excluding carboxylic acids is 4. The molecule has 9 nitrogen and oxygen atoms in total. The minimum absolute atomic E-state index is 0.0821. The summed E-state index contributed by atoms with van der Waals surface area (Å²) in [6.07, 6.45) is 0.141. The average molecular weight is 392 g/mol. The van der Waals surface area contributed by atoms with Crippen LogP contribution in [-0.2, 0) is 25.6 Å². The molecule has 3 atom stereocenters. The zero-order chi connectivity index (χ0) is 21.4.